The topological polar surface area (TPSA) is 96.9 Å². The third-order valence-corrected chi connectivity index (χ3v) is 3.22. The lowest BCUT2D eigenvalue weighted by atomic mass is 9.99. The molecule has 0 radical (unpaired) electrons. The zero-order valence-electron chi connectivity index (χ0n) is 11.0. The lowest BCUT2D eigenvalue weighted by Gasteiger charge is -2.32. The maximum absolute atomic E-state index is 8.67. The van der Waals surface area contributed by atoms with E-state index in [4.69, 9.17) is 15.7 Å². The quantitative estimate of drug-likeness (QED) is 0.355. The largest absolute Gasteiger partial charge is 0.409 e. The zero-order valence-corrected chi connectivity index (χ0v) is 11.0. The number of amidine groups is 1. The summed E-state index contributed by atoms with van der Waals surface area (Å²) in [5.41, 5.74) is 5.97. The monoisotopic (exact) mass is 265 g/mol. The van der Waals surface area contributed by atoms with Gasteiger partial charge in [-0.25, -0.2) is 9.97 Å². The number of methoxy groups -OCH3 is 1. The second kappa shape index (κ2) is 6.33. The van der Waals surface area contributed by atoms with E-state index in [1.165, 1.54) is 0 Å². The summed E-state index contributed by atoms with van der Waals surface area (Å²) in [5, 5.41) is 11.6. The van der Waals surface area contributed by atoms with Crippen molar-refractivity contribution in [2.45, 2.75) is 12.8 Å². The summed E-state index contributed by atoms with van der Waals surface area (Å²) in [5.74, 6) is 1.11. The Labute approximate surface area is 112 Å². The summed E-state index contributed by atoms with van der Waals surface area (Å²) in [7, 11) is 1.72. The van der Waals surface area contributed by atoms with Gasteiger partial charge >= 0.3 is 0 Å². The highest BCUT2D eigenvalue weighted by molar-refractivity contribution is 5.95. The van der Waals surface area contributed by atoms with Crippen LogP contribution in [0.25, 0.3) is 0 Å². The lowest BCUT2D eigenvalue weighted by molar-refractivity contribution is 0.143. The number of oxime groups is 1. The highest BCUT2D eigenvalue weighted by Crippen LogP contribution is 2.20. The SMILES string of the molecule is COCC1CCCN(c2nccc(/C(N)=N/O)n2)C1. The number of nitrogens with zero attached hydrogens (tertiary/aromatic N) is 4. The summed E-state index contributed by atoms with van der Waals surface area (Å²) in [6.07, 6.45) is 3.87. The van der Waals surface area contributed by atoms with Gasteiger partial charge in [-0.1, -0.05) is 5.16 Å². The minimum Gasteiger partial charge on any atom is -0.409 e. The van der Waals surface area contributed by atoms with Crippen LogP contribution >= 0.6 is 0 Å². The van der Waals surface area contributed by atoms with Gasteiger partial charge in [0.1, 0.15) is 5.69 Å². The summed E-state index contributed by atoms with van der Waals surface area (Å²) in [4.78, 5) is 10.7. The van der Waals surface area contributed by atoms with Crippen molar-refractivity contribution < 1.29 is 9.94 Å². The molecule has 7 heteroatoms. The first kappa shape index (κ1) is 13.5. The van der Waals surface area contributed by atoms with Crippen molar-refractivity contribution in [1.29, 1.82) is 0 Å². The van der Waals surface area contributed by atoms with E-state index in [0.29, 0.717) is 17.6 Å². The molecule has 1 aromatic heterocycles. The molecule has 2 rings (SSSR count). The number of nitrogens with two attached hydrogens (primary N) is 1. The minimum absolute atomic E-state index is 0.00546. The summed E-state index contributed by atoms with van der Waals surface area (Å²) in [6, 6.07) is 1.62. The van der Waals surface area contributed by atoms with Crippen molar-refractivity contribution in [1.82, 2.24) is 9.97 Å². The van der Waals surface area contributed by atoms with Gasteiger partial charge in [-0.05, 0) is 24.8 Å². The van der Waals surface area contributed by atoms with Crippen molar-refractivity contribution in [3.8, 4) is 0 Å². The van der Waals surface area contributed by atoms with Gasteiger partial charge in [-0.15, -0.1) is 0 Å². The molecular weight excluding hydrogens is 246 g/mol. The molecule has 1 aromatic rings. The van der Waals surface area contributed by atoms with E-state index < -0.39 is 0 Å². The lowest BCUT2D eigenvalue weighted by Crippen LogP contribution is -2.38. The number of piperidine rings is 1. The Hall–Kier alpha value is -1.89. The number of ether oxygens (including phenoxy) is 1. The van der Waals surface area contributed by atoms with Gasteiger partial charge < -0.3 is 20.6 Å². The fraction of sp³-hybridized carbons (Fsp3) is 0.583. The van der Waals surface area contributed by atoms with Crippen LogP contribution in [0.3, 0.4) is 0 Å². The van der Waals surface area contributed by atoms with Crippen LogP contribution in [0, 0.1) is 5.92 Å². The molecule has 0 saturated carbocycles. The van der Waals surface area contributed by atoms with Crippen molar-refractivity contribution in [3.05, 3.63) is 18.0 Å². The van der Waals surface area contributed by atoms with Crippen LogP contribution < -0.4 is 10.6 Å². The molecule has 1 saturated heterocycles. The molecule has 0 aliphatic carbocycles. The van der Waals surface area contributed by atoms with Crippen LogP contribution in [-0.2, 0) is 4.74 Å². The van der Waals surface area contributed by atoms with Crippen LogP contribution in [0.4, 0.5) is 5.95 Å². The Kier molecular flexibility index (Phi) is 4.51. The van der Waals surface area contributed by atoms with E-state index in [0.717, 1.165) is 32.5 Å². The first-order valence-corrected chi connectivity index (χ1v) is 6.29. The van der Waals surface area contributed by atoms with Crippen LogP contribution in [0.1, 0.15) is 18.5 Å². The van der Waals surface area contributed by atoms with Crippen molar-refractivity contribution >= 4 is 11.8 Å². The summed E-state index contributed by atoms with van der Waals surface area (Å²) >= 11 is 0. The molecule has 3 N–H and O–H groups in total. The summed E-state index contributed by atoms with van der Waals surface area (Å²) < 4.78 is 5.21. The maximum atomic E-state index is 8.67. The van der Waals surface area contributed by atoms with E-state index in [1.807, 2.05) is 0 Å². The number of aromatic nitrogens is 2. The van der Waals surface area contributed by atoms with E-state index in [2.05, 4.69) is 20.0 Å². The highest BCUT2D eigenvalue weighted by atomic mass is 16.5. The van der Waals surface area contributed by atoms with Gasteiger partial charge in [0.05, 0.1) is 6.61 Å². The number of hydrogen-bond donors (Lipinski definition) is 2. The van der Waals surface area contributed by atoms with Crippen LogP contribution in [0.5, 0.6) is 0 Å². The Balaban J connectivity index is 2.12. The van der Waals surface area contributed by atoms with Crippen LogP contribution in [0.15, 0.2) is 17.4 Å². The third-order valence-electron chi connectivity index (χ3n) is 3.22. The number of rotatable bonds is 4. The first-order valence-electron chi connectivity index (χ1n) is 6.29. The fourth-order valence-corrected chi connectivity index (χ4v) is 2.31. The van der Waals surface area contributed by atoms with Crippen LogP contribution in [-0.4, -0.2) is 47.8 Å². The molecule has 0 bridgehead atoms. The van der Waals surface area contributed by atoms with Gasteiger partial charge in [-0.3, -0.25) is 0 Å². The molecule has 1 atom stereocenters. The molecule has 1 fully saturated rings. The van der Waals surface area contributed by atoms with Crippen molar-refractivity contribution in [3.63, 3.8) is 0 Å². The second-order valence-electron chi connectivity index (χ2n) is 4.64. The van der Waals surface area contributed by atoms with Gasteiger partial charge in [0.2, 0.25) is 5.95 Å². The minimum atomic E-state index is -0.00546. The molecule has 1 unspecified atom stereocenters. The molecule has 2 heterocycles. The molecule has 1 aliphatic heterocycles. The Morgan fingerprint density at radius 3 is 3.26 bits per heavy atom. The van der Waals surface area contributed by atoms with Gasteiger partial charge in [0, 0.05) is 26.4 Å². The molecule has 19 heavy (non-hydrogen) atoms. The average Bonchev–Trinajstić information content (AvgIpc) is 2.47. The zero-order chi connectivity index (χ0) is 13.7. The normalized spacial score (nSPS) is 20.6. The van der Waals surface area contributed by atoms with E-state index >= 15 is 0 Å². The predicted octanol–water partition coefficient (Wildman–Crippen LogP) is 0.434. The highest BCUT2D eigenvalue weighted by Gasteiger charge is 2.22. The standard InChI is InChI=1S/C12H19N5O2/c1-19-8-9-3-2-6-17(7-9)12-14-5-4-10(15-12)11(13)16-18/h4-5,9,18H,2-3,6-8H2,1H3,(H2,13,16). The number of anilines is 1. The molecular formula is C12H19N5O2. The molecule has 0 amide bonds. The first-order chi connectivity index (χ1) is 9.24. The molecule has 1 aliphatic rings. The van der Waals surface area contributed by atoms with Crippen molar-refractivity contribution in [2.75, 3.05) is 31.7 Å². The summed E-state index contributed by atoms with van der Waals surface area (Å²) in [6.45, 7) is 2.53. The molecule has 104 valence electrons. The maximum Gasteiger partial charge on any atom is 0.225 e. The van der Waals surface area contributed by atoms with E-state index in [1.54, 1.807) is 19.4 Å². The smallest absolute Gasteiger partial charge is 0.225 e. The Morgan fingerprint density at radius 1 is 1.68 bits per heavy atom. The Morgan fingerprint density at radius 2 is 2.53 bits per heavy atom. The second-order valence-corrected chi connectivity index (χ2v) is 4.64. The predicted molar refractivity (Wildman–Crippen MR) is 71.4 cm³/mol. The van der Waals surface area contributed by atoms with E-state index in [-0.39, 0.29) is 5.84 Å². The van der Waals surface area contributed by atoms with Gasteiger partial charge in [0.15, 0.2) is 5.84 Å². The number of hydrogen-bond acceptors (Lipinski definition) is 6. The van der Waals surface area contributed by atoms with E-state index in [9.17, 15) is 0 Å². The Bertz CT molecular complexity index is 450. The molecule has 7 nitrogen and oxygen atoms in total. The fourth-order valence-electron chi connectivity index (χ4n) is 2.31. The molecule has 0 aromatic carbocycles. The van der Waals surface area contributed by atoms with Gasteiger partial charge in [-0.2, -0.15) is 0 Å². The molecule has 0 spiro atoms. The van der Waals surface area contributed by atoms with Crippen molar-refractivity contribution in [2.24, 2.45) is 16.8 Å². The average molecular weight is 265 g/mol. The van der Waals surface area contributed by atoms with Crippen LogP contribution in [0.2, 0.25) is 0 Å². The third kappa shape index (κ3) is 3.31. The van der Waals surface area contributed by atoms with Gasteiger partial charge in [0.25, 0.3) is 0 Å².